The van der Waals surface area contributed by atoms with Crippen LogP contribution in [0.4, 0.5) is 0 Å². The Kier molecular flexibility index (Phi) is 6.52. The van der Waals surface area contributed by atoms with E-state index < -0.39 is 0 Å². The summed E-state index contributed by atoms with van der Waals surface area (Å²) < 4.78 is 1.93. The largest absolute Gasteiger partial charge is 0.321 e. The first-order valence-corrected chi connectivity index (χ1v) is 16.6. The van der Waals surface area contributed by atoms with Crippen molar-refractivity contribution >= 4 is 54.4 Å². The summed E-state index contributed by atoms with van der Waals surface area (Å²) in [5.74, 6) is 2.67. The van der Waals surface area contributed by atoms with E-state index in [4.69, 9.17) is 5.10 Å². The molecular formula is C35H31Br2N3O2. The Morgan fingerprint density at radius 3 is 2.17 bits per heavy atom. The van der Waals surface area contributed by atoms with Crippen LogP contribution in [0, 0.1) is 29.6 Å². The predicted octanol–water partition coefficient (Wildman–Crippen LogP) is 8.47. The number of rotatable bonds is 4. The molecule has 4 bridgehead atoms. The van der Waals surface area contributed by atoms with E-state index in [-0.39, 0.29) is 23.4 Å². The van der Waals surface area contributed by atoms with Crippen LogP contribution in [0.15, 0.2) is 91.6 Å². The van der Waals surface area contributed by atoms with Gasteiger partial charge in [0.15, 0.2) is 0 Å². The minimum absolute atomic E-state index is 0.0262. The number of amides is 1. The van der Waals surface area contributed by atoms with Gasteiger partial charge in [0.05, 0.1) is 17.3 Å². The molecule has 4 aromatic rings. The summed E-state index contributed by atoms with van der Waals surface area (Å²) in [6, 6.07) is 23.9. The van der Waals surface area contributed by atoms with E-state index in [0.29, 0.717) is 29.5 Å². The average Bonchev–Trinajstić information content (AvgIpc) is 3.42. The topological polar surface area (TPSA) is 65.5 Å². The lowest BCUT2D eigenvalue weighted by Gasteiger charge is -2.54. The molecule has 212 valence electrons. The van der Waals surface area contributed by atoms with Gasteiger partial charge >= 0.3 is 0 Å². The second-order valence-electron chi connectivity index (χ2n) is 12.7. The second kappa shape index (κ2) is 10.3. The first-order chi connectivity index (χ1) is 20.4. The third kappa shape index (κ3) is 4.43. The number of halogens is 2. The van der Waals surface area contributed by atoms with Crippen molar-refractivity contribution in [2.24, 2.45) is 34.7 Å². The number of pyridine rings is 1. The third-order valence-electron chi connectivity index (χ3n) is 10.2. The molecule has 9 rings (SSSR count). The summed E-state index contributed by atoms with van der Waals surface area (Å²) in [4.78, 5) is 31.6. The zero-order valence-corrected chi connectivity index (χ0v) is 26.3. The molecule has 42 heavy (non-hydrogen) atoms. The van der Waals surface area contributed by atoms with E-state index in [1.165, 1.54) is 32.1 Å². The Labute approximate surface area is 261 Å². The van der Waals surface area contributed by atoms with Gasteiger partial charge in [-0.3, -0.25) is 9.59 Å². The molecule has 0 radical (unpaired) electrons. The van der Waals surface area contributed by atoms with Crippen molar-refractivity contribution in [1.29, 1.82) is 0 Å². The molecule has 4 saturated carbocycles. The molecule has 1 aliphatic heterocycles. The third-order valence-corrected chi connectivity index (χ3v) is 11.3. The molecule has 0 spiro atoms. The first kappa shape index (κ1) is 26.6. The van der Waals surface area contributed by atoms with Gasteiger partial charge < -0.3 is 4.98 Å². The lowest BCUT2D eigenvalue weighted by atomic mass is 9.51. The van der Waals surface area contributed by atoms with Crippen LogP contribution in [0.1, 0.15) is 55.7 Å². The Hall–Kier alpha value is -3.03. The van der Waals surface area contributed by atoms with E-state index in [9.17, 15) is 9.59 Å². The predicted molar refractivity (Wildman–Crippen MR) is 173 cm³/mol. The highest BCUT2D eigenvalue weighted by Gasteiger charge is 2.53. The van der Waals surface area contributed by atoms with E-state index in [1.54, 1.807) is 5.01 Å². The second-order valence-corrected chi connectivity index (χ2v) is 14.5. The fourth-order valence-electron chi connectivity index (χ4n) is 8.74. The monoisotopic (exact) mass is 683 g/mol. The van der Waals surface area contributed by atoms with Crippen LogP contribution in [-0.4, -0.2) is 21.6 Å². The number of hydrazone groups is 1. The number of nitrogens with zero attached hydrogens (tertiary/aromatic N) is 2. The number of benzene rings is 3. The van der Waals surface area contributed by atoms with Gasteiger partial charge in [-0.05, 0) is 97.2 Å². The molecule has 7 heteroatoms. The normalized spacial score (nSPS) is 28.0. The van der Waals surface area contributed by atoms with Crippen molar-refractivity contribution in [3.63, 3.8) is 0 Å². The maximum Gasteiger partial charge on any atom is 0.258 e. The summed E-state index contributed by atoms with van der Waals surface area (Å²) >= 11 is 7.20. The van der Waals surface area contributed by atoms with Crippen molar-refractivity contribution < 1.29 is 4.79 Å². The molecule has 1 N–H and O–H groups in total. The quantitative estimate of drug-likeness (QED) is 0.234. The number of hydrogen-bond donors (Lipinski definition) is 1. The lowest BCUT2D eigenvalue weighted by Crippen LogP contribution is -2.51. The highest BCUT2D eigenvalue weighted by atomic mass is 79.9. The molecule has 0 unspecified atom stereocenters. The van der Waals surface area contributed by atoms with Gasteiger partial charge in [-0.2, -0.15) is 5.10 Å². The van der Waals surface area contributed by atoms with Crippen LogP contribution in [0.25, 0.3) is 22.0 Å². The molecular weight excluding hydrogens is 654 g/mol. The molecule has 1 aromatic heterocycles. The zero-order valence-electron chi connectivity index (χ0n) is 23.1. The van der Waals surface area contributed by atoms with Gasteiger partial charge in [0.2, 0.25) is 5.91 Å². The summed E-state index contributed by atoms with van der Waals surface area (Å²) in [5, 5.41) is 7.82. The number of carbonyl (C=O) groups is 1. The van der Waals surface area contributed by atoms with Crippen LogP contribution in [0.2, 0.25) is 0 Å². The van der Waals surface area contributed by atoms with Gasteiger partial charge in [0.25, 0.3) is 5.56 Å². The Morgan fingerprint density at radius 2 is 1.48 bits per heavy atom. The van der Waals surface area contributed by atoms with Crippen LogP contribution in [0.5, 0.6) is 0 Å². The van der Waals surface area contributed by atoms with Gasteiger partial charge in [-0.1, -0.05) is 74.3 Å². The van der Waals surface area contributed by atoms with E-state index >= 15 is 0 Å². The van der Waals surface area contributed by atoms with Crippen LogP contribution in [0.3, 0.4) is 0 Å². The zero-order chi connectivity index (χ0) is 28.5. The lowest BCUT2D eigenvalue weighted by molar-refractivity contribution is -0.151. The number of aromatic nitrogens is 1. The van der Waals surface area contributed by atoms with E-state index in [1.807, 2.05) is 54.6 Å². The highest BCUT2D eigenvalue weighted by molar-refractivity contribution is 9.10. The molecule has 5 nitrogen and oxygen atoms in total. The Balaban J connectivity index is 1.28. The summed E-state index contributed by atoms with van der Waals surface area (Å²) in [6.07, 6.45) is 6.54. The molecule has 2 heterocycles. The maximum atomic E-state index is 14.6. The Bertz CT molecular complexity index is 1770. The van der Waals surface area contributed by atoms with Crippen LogP contribution >= 0.6 is 31.9 Å². The van der Waals surface area contributed by atoms with Gasteiger partial charge in [-0.15, -0.1) is 0 Å². The van der Waals surface area contributed by atoms with Crippen molar-refractivity contribution in [3.8, 4) is 11.1 Å². The SMILES string of the molecule is O=C(C1C2CC3CC(C2)CC1C3)N1N=C(c2c(-c3ccccc3)c3cc(Br)ccc3[nH]c2=O)C[C@@H]1c1ccc(Br)cc1. The van der Waals surface area contributed by atoms with E-state index in [2.05, 4.69) is 55.0 Å². The standard InChI is InChI=1S/C35H31Br2N3O2/c36-25-8-6-21(7-9-25)30-18-29(39-40(30)35(42)31-23-13-19-12-20(15-23)16-24(31)14-19)33-32(22-4-2-1-3-5-22)27-17-26(37)10-11-28(27)38-34(33)41/h1-11,17,19-20,23-24,30-31H,12-16,18H2,(H,38,41)/t19?,20?,23?,24?,30-,31?/m1/s1. The number of hydrogen-bond acceptors (Lipinski definition) is 3. The van der Waals surface area contributed by atoms with Gasteiger partial charge in [-0.25, -0.2) is 5.01 Å². The molecule has 0 saturated heterocycles. The van der Waals surface area contributed by atoms with Crippen molar-refractivity contribution in [1.82, 2.24) is 9.99 Å². The average molecular weight is 685 g/mol. The number of nitrogens with one attached hydrogen (secondary N) is 1. The molecule has 4 fully saturated rings. The minimum Gasteiger partial charge on any atom is -0.321 e. The fraction of sp³-hybridized carbons (Fsp3) is 0.343. The fourth-order valence-corrected chi connectivity index (χ4v) is 9.36. The summed E-state index contributed by atoms with van der Waals surface area (Å²) in [6.45, 7) is 0. The van der Waals surface area contributed by atoms with Crippen LogP contribution in [-0.2, 0) is 4.79 Å². The van der Waals surface area contributed by atoms with Crippen molar-refractivity contribution in [2.75, 3.05) is 0 Å². The number of H-pyrrole nitrogens is 1. The summed E-state index contributed by atoms with van der Waals surface area (Å²) in [7, 11) is 0. The van der Waals surface area contributed by atoms with Gasteiger partial charge in [0.1, 0.15) is 0 Å². The Morgan fingerprint density at radius 1 is 0.810 bits per heavy atom. The summed E-state index contributed by atoms with van der Waals surface area (Å²) in [5.41, 5.74) is 4.66. The van der Waals surface area contributed by atoms with Crippen molar-refractivity contribution in [2.45, 2.75) is 44.6 Å². The first-order valence-electron chi connectivity index (χ1n) is 15.0. The molecule has 4 aliphatic carbocycles. The number of aromatic amines is 1. The van der Waals surface area contributed by atoms with Crippen LogP contribution < -0.4 is 5.56 Å². The number of fused-ring (bicyclic) bond motifs is 1. The van der Waals surface area contributed by atoms with Crippen molar-refractivity contribution in [3.05, 3.63) is 103 Å². The smallest absolute Gasteiger partial charge is 0.258 e. The molecule has 1 amide bonds. The molecule has 1 atom stereocenters. The molecule has 3 aromatic carbocycles. The van der Waals surface area contributed by atoms with E-state index in [0.717, 1.165) is 48.4 Å². The maximum absolute atomic E-state index is 14.6. The minimum atomic E-state index is -0.251. The van der Waals surface area contributed by atoms with Gasteiger partial charge in [0, 0.05) is 37.8 Å². The molecule has 5 aliphatic rings. The highest BCUT2D eigenvalue weighted by Crippen LogP contribution is 2.57. The number of carbonyl (C=O) groups excluding carboxylic acids is 1.